The highest BCUT2D eigenvalue weighted by Crippen LogP contribution is 2.34. The van der Waals surface area contributed by atoms with Crippen molar-refractivity contribution in [3.63, 3.8) is 0 Å². The van der Waals surface area contributed by atoms with Crippen molar-refractivity contribution in [3.05, 3.63) is 51.7 Å². The summed E-state index contributed by atoms with van der Waals surface area (Å²) in [4.78, 5) is 5.89. The van der Waals surface area contributed by atoms with Crippen molar-refractivity contribution in [2.24, 2.45) is 0 Å². The number of hydrogen-bond donors (Lipinski definition) is 0. The Morgan fingerprint density at radius 3 is 2.69 bits per heavy atom. The summed E-state index contributed by atoms with van der Waals surface area (Å²) in [7, 11) is 0. The molecule has 2 aromatic rings. The molecule has 1 atom stereocenters. The third-order valence-electron chi connectivity index (χ3n) is 4.48. The second kappa shape index (κ2) is 8.62. The molecule has 8 heteroatoms. The van der Waals surface area contributed by atoms with Gasteiger partial charge in [0.15, 0.2) is 0 Å². The summed E-state index contributed by atoms with van der Waals surface area (Å²) in [6.07, 6.45) is -1.40. The van der Waals surface area contributed by atoms with Gasteiger partial charge in [0, 0.05) is 18.7 Å². The van der Waals surface area contributed by atoms with Crippen LogP contribution in [0.2, 0.25) is 0 Å². The van der Waals surface area contributed by atoms with E-state index in [1.165, 1.54) is 11.6 Å². The Labute approximate surface area is 153 Å². The quantitative estimate of drug-likeness (QED) is 0.741. The molecule has 2 heterocycles. The number of rotatable bonds is 6. The minimum atomic E-state index is -2.69. The molecular formula is C18H18F3N3OS. The molecule has 0 bridgehead atoms. The predicted molar refractivity (Wildman–Crippen MR) is 91.2 cm³/mol. The van der Waals surface area contributed by atoms with Gasteiger partial charge in [-0.25, -0.2) is 18.2 Å². The smallest absolute Gasteiger partial charge is 0.281 e. The highest BCUT2D eigenvalue weighted by molar-refractivity contribution is 7.09. The number of benzene rings is 1. The summed E-state index contributed by atoms with van der Waals surface area (Å²) < 4.78 is 45.5. The van der Waals surface area contributed by atoms with Crippen molar-refractivity contribution in [2.45, 2.75) is 38.0 Å². The second-order valence-corrected chi connectivity index (χ2v) is 6.96. The van der Waals surface area contributed by atoms with Crippen LogP contribution in [-0.2, 0) is 11.3 Å². The molecule has 1 unspecified atom stereocenters. The Hall–Kier alpha value is -1.95. The van der Waals surface area contributed by atoms with Gasteiger partial charge in [-0.05, 0) is 18.9 Å². The first kappa shape index (κ1) is 18.8. The van der Waals surface area contributed by atoms with Crippen LogP contribution in [0.15, 0.2) is 29.8 Å². The Bertz CT molecular complexity index is 769. The summed E-state index contributed by atoms with van der Waals surface area (Å²) >= 11 is 1.09. The largest absolute Gasteiger partial charge is 0.373 e. The fourth-order valence-corrected chi connectivity index (χ4v) is 3.94. The molecule has 1 aliphatic rings. The number of aromatic nitrogens is 1. The Kier molecular flexibility index (Phi) is 6.25. The first-order chi connectivity index (χ1) is 12.6. The molecule has 1 aliphatic heterocycles. The van der Waals surface area contributed by atoms with E-state index in [0.29, 0.717) is 36.4 Å². The second-order valence-electron chi connectivity index (χ2n) is 6.07. The summed E-state index contributed by atoms with van der Waals surface area (Å²) in [6, 6.07) is 7.88. The molecule has 0 amide bonds. The monoisotopic (exact) mass is 381 g/mol. The molecule has 1 fully saturated rings. The van der Waals surface area contributed by atoms with Crippen molar-refractivity contribution in [1.82, 2.24) is 9.88 Å². The lowest BCUT2D eigenvalue weighted by molar-refractivity contribution is -0.00794. The van der Waals surface area contributed by atoms with Crippen LogP contribution in [0.3, 0.4) is 0 Å². The van der Waals surface area contributed by atoms with Crippen molar-refractivity contribution < 1.29 is 17.9 Å². The maximum atomic E-state index is 13.6. The van der Waals surface area contributed by atoms with Crippen LogP contribution >= 0.6 is 11.3 Å². The zero-order chi connectivity index (χ0) is 18.5. The van der Waals surface area contributed by atoms with E-state index < -0.39 is 12.5 Å². The van der Waals surface area contributed by atoms with Crippen LogP contribution in [0.4, 0.5) is 13.2 Å². The van der Waals surface area contributed by atoms with E-state index in [2.05, 4.69) is 11.1 Å². The molecule has 0 radical (unpaired) electrons. The zero-order valence-corrected chi connectivity index (χ0v) is 14.8. The van der Waals surface area contributed by atoms with E-state index in [1.54, 1.807) is 18.2 Å². The van der Waals surface area contributed by atoms with Crippen LogP contribution in [0.1, 0.15) is 41.4 Å². The van der Waals surface area contributed by atoms with Crippen LogP contribution in [0.5, 0.6) is 0 Å². The number of thiazole rings is 1. The molecule has 138 valence electrons. The maximum absolute atomic E-state index is 13.6. The van der Waals surface area contributed by atoms with Gasteiger partial charge in [0.1, 0.15) is 17.6 Å². The summed E-state index contributed by atoms with van der Waals surface area (Å²) in [5.41, 5.74) is 1.56. The molecule has 3 rings (SSSR count). The van der Waals surface area contributed by atoms with Crippen molar-refractivity contribution >= 4 is 11.3 Å². The minimum absolute atomic E-state index is 0.0405. The average Bonchev–Trinajstić information content (AvgIpc) is 3.12. The number of ether oxygens (including phenoxy) is 1. The van der Waals surface area contributed by atoms with E-state index in [-0.39, 0.29) is 24.2 Å². The molecule has 0 saturated carbocycles. The number of likely N-dealkylation sites (tertiary alicyclic amines) is 1. The summed E-state index contributed by atoms with van der Waals surface area (Å²) in [6.45, 7) is 1.31. The minimum Gasteiger partial charge on any atom is -0.373 e. The van der Waals surface area contributed by atoms with Crippen molar-refractivity contribution in [2.75, 3.05) is 13.1 Å². The van der Waals surface area contributed by atoms with Gasteiger partial charge in [0.2, 0.25) is 0 Å². The Morgan fingerprint density at radius 2 is 2.04 bits per heavy atom. The molecular weight excluding hydrogens is 363 g/mol. The van der Waals surface area contributed by atoms with E-state index in [0.717, 1.165) is 11.3 Å². The maximum Gasteiger partial charge on any atom is 0.281 e. The van der Waals surface area contributed by atoms with Gasteiger partial charge in [0.05, 0.1) is 29.2 Å². The SMILES string of the molecule is N#CC(c1scnc1C(F)F)N1CCC(OCc2ccccc2F)CC1. The van der Waals surface area contributed by atoms with Crippen LogP contribution in [0, 0.1) is 17.1 Å². The summed E-state index contributed by atoms with van der Waals surface area (Å²) in [5, 5.41) is 9.47. The molecule has 4 nitrogen and oxygen atoms in total. The topological polar surface area (TPSA) is 49.2 Å². The van der Waals surface area contributed by atoms with Gasteiger partial charge in [-0.1, -0.05) is 18.2 Å². The number of alkyl halides is 2. The van der Waals surface area contributed by atoms with E-state index in [1.807, 2.05) is 4.90 Å². The highest BCUT2D eigenvalue weighted by atomic mass is 32.1. The van der Waals surface area contributed by atoms with Crippen LogP contribution < -0.4 is 0 Å². The Balaban J connectivity index is 1.56. The van der Waals surface area contributed by atoms with Crippen molar-refractivity contribution in [3.8, 4) is 6.07 Å². The third kappa shape index (κ3) is 4.23. The number of nitriles is 1. The van der Waals surface area contributed by atoms with E-state index in [9.17, 15) is 18.4 Å². The van der Waals surface area contributed by atoms with Crippen LogP contribution in [-0.4, -0.2) is 29.1 Å². The number of halogens is 3. The fourth-order valence-electron chi connectivity index (χ4n) is 3.06. The first-order valence-electron chi connectivity index (χ1n) is 8.30. The van der Waals surface area contributed by atoms with Gasteiger partial charge in [-0.3, -0.25) is 4.90 Å². The first-order valence-corrected chi connectivity index (χ1v) is 9.18. The molecule has 1 aromatic carbocycles. The number of piperidine rings is 1. The lowest BCUT2D eigenvalue weighted by Gasteiger charge is -2.34. The zero-order valence-electron chi connectivity index (χ0n) is 13.9. The number of hydrogen-bond acceptors (Lipinski definition) is 5. The van der Waals surface area contributed by atoms with Crippen molar-refractivity contribution in [1.29, 1.82) is 5.26 Å². The van der Waals surface area contributed by atoms with Gasteiger partial charge in [0.25, 0.3) is 6.43 Å². The lowest BCUT2D eigenvalue weighted by atomic mass is 10.0. The molecule has 0 spiro atoms. The number of nitrogens with zero attached hydrogens (tertiary/aromatic N) is 3. The standard InChI is InChI=1S/C18H18F3N3OS/c19-14-4-2-1-3-12(14)10-25-13-5-7-24(8-6-13)15(9-22)17-16(18(20)21)23-11-26-17/h1-4,11,13,15,18H,5-8,10H2. The van der Waals surface area contributed by atoms with Gasteiger partial charge < -0.3 is 4.74 Å². The molecule has 0 N–H and O–H groups in total. The predicted octanol–water partition coefficient (Wildman–Crippen LogP) is 4.47. The normalized spacial score (nSPS) is 17.3. The highest BCUT2D eigenvalue weighted by Gasteiger charge is 2.31. The molecule has 1 saturated heterocycles. The van der Waals surface area contributed by atoms with Gasteiger partial charge >= 0.3 is 0 Å². The third-order valence-corrected chi connectivity index (χ3v) is 5.37. The van der Waals surface area contributed by atoms with Gasteiger partial charge in [-0.15, -0.1) is 11.3 Å². The van der Waals surface area contributed by atoms with Crippen LogP contribution in [0.25, 0.3) is 0 Å². The molecule has 1 aromatic heterocycles. The lowest BCUT2D eigenvalue weighted by Crippen LogP contribution is -2.39. The Morgan fingerprint density at radius 1 is 1.31 bits per heavy atom. The molecule has 26 heavy (non-hydrogen) atoms. The van der Waals surface area contributed by atoms with E-state index >= 15 is 0 Å². The van der Waals surface area contributed by atoms with Gasteiger partial charge in [-0.2, -0.15) is 5.26 Å². The van der Waals surface area contributed by atoms with E-state index in [4.69, 9.17) is 4.74 Å². The molecule has 0 aliphatic carbocycles. The average molecular weight is 381 g/mol. The fraction of sp³-hybridized carbons (Fsp3) is 0.444. The summed E-state index contributed by atoms with van der Waals surface area (Å²) in [5.74, 6) is -0.292.